The van der Waals surface area contributed by atoms with Crippen molar-refractivity contribution in [1.29, 1.82) is 0 Å². The van der Waals surface area contributed by atoms with Gasteiger partial charge in [-0.2, -0.15) is 4.31 Å². The molecule has 134 valence electrons. The number of rotatable bonds is 6. The van der Waals surface area contributed by atoms with Crippen molar-refractivity contribution < 1.29 is 17.6 Å². The minimum absolute atomic E-state index is 0.0389. The molecule has 1 fully saturated rings. The average molecular weight is 362 g/mol. The van der Waals surface area contributed by atoms with Gasteiger partial charge in [0.05, 0.1) is 11.4 Å². The molecule has 0 saturated heterocycles. The molecule has 1 aromatic carbocycles. The molecule has 1 aliphatic rings. The fourth-order valence-electron chi connectivity index (χ4n) is 2.91. The Morgan fingerprint density at radius 2 is 2.00 bits per heavy atom. The Bertz CT molecular complexity index is 917. The Balaban J connectivity index is 1.80. The van der Waals surface area contributed by atoms with Crippen molar-refractivity contribution in [3.05, 3.63) is 53.0 Å². The number of hydrogen-bond donors (Lipinski definition) is 1. The monoisotopic (exact) mass is 362 g/mol. The summed E-state index contributed by atoms with van der Waals surface area (Å²) in [6.45, 7) is 4.00. The molecule has 0 unspecified atom stereocenters. The minimum Gasteiger partial charge on any atom is -0.464 e. The molecule has 0 bridgehead atoms. The lowest BCUT2D eigenvalue weighted by atomic mass is 10.1. The van der Waals surface area contributed by atoms with Crippen LogP contribution in [-0.4, -0.2) is 25.7 Å². The standard InChI is InChI=1S/C18H22N2O4S/c1-11-4-6-14(9-16(11)18(19)21)25(22,23)20(3)10-13-5-7-17(24-13)15-8-12(15)2/h4-7,9,12,15H,8,10H2,1-3H3,(H2,19,21)/t12-,15-/m0/s1. The second-order valence-corrected chi connectivity index (χ2v) is 8.77. The number of amides is 1. The first-order valence-electron chi connectivity index (χ1n) is 8.15. The Morgan fingerprint density at radius 1 is 1.32 bits per heavy atom. The second-order valence-electron chi connectivity index (χ2n) is 6.73. The van der Waals surface area contributed by atoms with Crippen molar-refractivity contribution in [2.75, 3.05) is 7.05 Å². The number of aryl methyl sites for hydroxylation is 1. The highest BCUT2D eigenvalue weighted by atomic mass is 32.2. The first-order valence-corrected chi connectivity index (χ1v) is 9.59. The number of nitrogens with two attached hydrogens (primary N) is 1. The molecule has 1 heterocycles. The van der Waals surface area contributed by atoms with Gasteiger partial charge < -0.3 is 10.2 Å². The molecule has 0 radical (unpaired) electrons. The number of nitrogens with zero attached hydrogens (tertiary/aromatic N) is 1. The summed E-state index contributed by atoms with van der Waals surface area (Å²) in [7, 11) is -2.26. The number of hydrogen-bond acceptors (Lipinski definition) is 4. The normalized spacial score (nSPS) is 20.0. The number of sulfonamides is 1. The van der Waals surface area contributed by atoms with Crippen LogP contribution in [0.1, 0.15) is 46.7 Å². The molecule has 1 amide bonds. The summed E-state index contributed by atoms with van der Waals surface area (Å²) in [6, 6.07) is 8.12. The quantitative estimate of drug-likeness (QED) is 0.855. The summed E-state index contributed by atoms with van der Waals surface area (Å²) in [4.78, 5) is 11.5. The highest BCUT2D eigenvalue weighted by Gasteiger charge is 2.36. The summed E-state index contributed by atoms with van der Waals surface area (Å²) >= 11 is 0. The van der Waals surface area contributed by atoms with Crippen LogP contribution in [0, 0.1) is 12.8 Å². The van der Waals surface area contributed by atoms with E-state index < -0.39 is 15.9 Å². The molecule has 0 spiro atoms. The molecule has 25 heavy (non-hydrogen) atoms. The highest BCUT2D eigenvalue weighted by Crippen LogP contribution is 2.47. The first kappa shape index (κ1) is 17.7. The highest BCUT2D eigenvalue weighted by molar-refractivity contribution is 7.89. The van der Waals surface area contributed by atoms with Crippen LogP contribution in [0.5, 0.6) is 0 Å². The Morgan fingerprint density at radius 3 is 2.60 bits per heavy atom. The van der Waals surface area contributed by atoms with Gasteiger partial charge in [-0.15, -0.1) is 0 Å². The SMILES string of the molecule is Cc1ccc(S(=O)(=O)N(C)Cc2ccc([C@H]3C[C@@H]3C)o2)cc1C(N)=O. The maximum Gasteiger partial charge on any atom is 0.249 e. The smallest absolute Gasteiger partial charge is 0.249 e. The van der Waals surface area contributed by atoms with Gasteiger partial charge in [-0.3, -0.25) is 4.79 Å². The second kappa shape index (κ2) is 6.31. The van der Waals surface area contributed by atoms with E-state index in [1.165, 1.54) is 23.5 Å². The fraction of sp³-hybridized carbons (Fsp3) is 0.389. The summed E-state index contributed by atoms with van der Waals surface area (Å²) < 4.78 is 32.5. The van der Waals surface area contributed by atoms with Gasteiger partial charge in [0.2, 0.25) is 15.9 Å². The number of furan rings is 1. The Kier molecular flexibility index (Phi) is 4.47. The zero-order chi connectivity index (χ0) is 18.4. The zero-order valence-electron chi connectivity index (χ0n) is 14.5. The third kappa shape index (κ3) is 3.48. The molecular formula is C18H22N2O4S. The van der Waals surface area contributed by atoms with Crippen molar-refractivity contribution in [3.8, 4) is 0 Å². The van der Waals surface area contributed by atoms with Crippen LogP contribution < -0.4 is 5.73 Å². The average Bonchev–Trinajstić information content (AvgIpc) is 3.09. The van der Waals surface area contributed by atoms with Gasteiger partial charge in [-0.1, -0.05) is 13.0 Å². The lowest BCUT2D eigenvalue weighted by Gasteiger charge is -2.17. The summed E-state index contributed by atoms with van der Waals surface area (Å²) in [5, 5.41) is 0. The number of carbonyl (C=O) groups excluding carboxylic acids is 1. The molecule has 2 atom stereocenters. The van der Waals surface area contributed by atoms with Crippen molar-refractivity contribution in [3.63, 3.8) is 0 Å². The molecule has 2 N–H and O–H groups in total. The lowest BCUT2D eigenvalue weighted by Crippen LogP contribution is -2.27. The van der Waals surface area contributed by atoms with Crippen molar-refractivity contribution in [2.45, 2.75) is 37.6 Å². The van der Waals surface area contributed by atoms with Crippen molar-refractivity contribution in [1.82, 2.24) is 4.31 Å². The topological polar surface area (TPSA) is 93.6 Å². The van der Waals surface area contributed by atoms with Crippen LogP contribution in [0.2, 0.25) is 0 Å². The van der Waals surface area contributed by atoms with E-state index in [2.05, 4.69) is 6.92 Å². The van der Waals surface area contributed by atoms with Gasteiger partial charge in [-0.05, 0) is 49.1 Å². The van der Waals surface area contributed by atoms with Gasteiger partial charge in [0, 0.05) is 18.5 Å². The molecule has 1 aromatic heterocycles. The number of benzene rings is 1. The molecule has 0 aliphatic heterocycles. The molecule has 1 saturated carbocycles. The van der Waals surface area contributed by atoms with Crippen LogP contribution in [0.15, 0.2) is 39.6 Å². The van der Waals surface area contributed by atoms with Crippen molar-refractivity contribution in [2.24, 2.45) is 11.7 Å². The van der Waals surface area contributed by atoms with Crippen LogP contribution in [0.3, 0.4) is 0 Å². The van der Waals surface area contributed by atoms with E-state index in [9.17, 15) is 13.2 Å². The van der Waals surface area contributed by atoms with E-state index in [1.807, 2.05) is 12.1 Å². The molecule has 1 aliphatic carbocycles. The number of carbonyl (C=O) groups is 1. The van der Waals surface area contributed by atoms with E-state index in [0.717, 1.165) is 12.2 Å². The maximum absolute atomic E-state index is 12.8. The van der Waals surface area contributed by atoms with Crippen molar-refractivity contribution >= 4 is 15.9 Å². The minimum atomic E-state index is -3.75. The lowest BCUT2D eigenvalue weighted by molar-refractivity contribution is 0.0999. The van der Waals surface area contributed by atoms with Gasteiger partial charge in [0.1, 0.15) is 11.5 Å². The zero-order valence-corrected chi connectivity index (χ0v) is 15.3. The molecular weight excluding hydrogens is 340 g/mol. The molecule has 6 nitrogen and oxygen atoms in total. The van der Waals surface area contributed by atoms with Crippen LogP contribution in [-0.2, 0) is 16.6 Å². The summed E-state index contributed by atoms with van der Waals surface area (Å²) in [6.07, 6.45) is 1.11. The Hall–Kier alpha value is -2.12. The number of primary amides is 1. The predicted molar refractivity (Wildman–Crippen MR) is 93.6 cm³/mol. The van der Waals surface area contributed by atoms with Gasteiger partial charge in [0.15, 0.2) is 0 Å². The molecule has 2 aromatic rings. The largest absolute Gasteiger partial charge is 0.464 e. The van der Waals surface area contributed by atoms with E-state index >= 15 is 0 Å². The molecule has 7 heteroatoms. The first-order chi connectivity index (χ1) is 11.7. The van der Waals surface area contributed by atoms with Gasteiger partial charge >= 0.3 is 0 Å². The van der Waals surface area contributed by atoms with Crippen LogP contribution in [0.4, 0.5) is 0 Å². The predicted octanol–water partition coefficient (Wildman–Crippen LogP) is 2.63. The third-order valence-corrected chi connectivity index (χ3v) is 6.52. The van der Waals surface area contributed by atoms with E-state index in [-0.39, 0.29) is 17.0 Å². The molecule has 3 rings (SSSR count). The van der Waals surface area contributed by atoms with E-state index in [1.54, 1.807) is 13.0 Å². The van der Waals surface area contributed by atoms with E-state index in [4.69, 9.17) is 10.2 Å². The van der Waals surface area contributed by atoms with Gasteiger partial charge in [0.25, 0.3) is 0 Å². The summed E-state index contributed by atoms with van der Waals surface area (Å²) in [5.74, 6) is 1.94. The third-order valence-electron chi connectivity index (χ3n) is 4.72. The maximum atomic E-state index is 12.8. The van der Waals surface area contributed by atoms with E-state index in [0.29, 0.717) is 23.2 Å². The Labute approximate surface area is 147 Å². The fourth-order valence-corrected chi connectivity index (χ4v) is 4.07. The van der Waals surface area contributed by atoms with Crippen LogP contribution in [0.25, 0.3) is 0 Å². The summed E-state index contributed by atoms with van der Waals surface area (Å²) in [5.41, 5.74) is 6.16. The van der Waals surface area contributed by atoms with Crippen LogP contribution >= 0.6 is 0 Å². The van der Waals surface area contributed by atoms with Gasteiger partial charge in [-0.25, -0.2) is 8.42 Å².